The number of hydrogen-bond donors (Lipinski definition) is 2. The summed E-state index contributed by atoms with van der Waals surface area (Å²) in [5.41, 5.74) is 0.720. The Kier molecular flexibility index (Phi) is 5.95. The number of ether oxygens (including phenoxy) is 1. The Morgan fingerprint density at radius 2 is 2.14 bits per heavy atom. The van der Waals surface area contributed by atoms with E-state index in [0.717, 1.165) is 12.1 Å². The van der Waals surface area contributed by atoms with Gasteiger partial charge in [-0.3, -0.25) is 4.79 Å². The molecule has 1 aromatic rings. The Morgan fingerprint density at radius 1 is 1.36 bits per heavy atom. The van der Waals surface area contributed by atoms with Crippen LogP contribution in [0.1, 0.15) is 32.1 Å². The molecule has 0 bridgehead atoms. The summed E-state index contributed by atoms with van der Waals surface area (Å²) in [6.45, 7) is 0. The second-order valence-electron chi connectivity index (χ2n) is 5.94. The van der Waals surface area contributed by atoms with Gasteiger partial charge in [-0.2, -0.15) is 0 Å². The van der Waals surface area contributed by atoms with Crippen molar-refractivity contribution in [2.24, 2.45) is 5.92 Å². The fourth-order valence-corrected chi connectivity index (χ4v) is 3.68. The zero-order chi connectivity index (χ0) is 14.8. The van der Waals surface area contributed by atoms with Crippen LogP contribution in [0, 0.1) is 5.92 Å². The molecule has 1 aliphatic heterocycles. The summed E-state index contributed by atoms with van der Waals surface area (Å²) in [6.07, 6.45) is 5.96. The van der Waals surface area contributed by atoms with Gasteiger partial charge in [-0.25, -0.2) is 0 Å². The summed E-state index contributed by atoms with van der Waals surface area (Å²) in [7, 11) is 1.57. The van der Waals surface area contributed by atoms with Gasteiger partial charge in [0.2, 0.25) is 5.91 Å². The van der Waals surface area contributed by atoms with Gasteiger partial charge < -0.3 is 15.4 Å². The number of amides is 1. The van der Waals surface area contributed by atoms with Crippen LogP contribution in [0.5, 0.6) is 5.75 Å². The first-order chi connectivity index (χ1) is 10.2. The standard InChI is InChI=1S/C16H21ClN2O2.ClH/c1-21-15-9-11(6-7-12(15)17)18-16(20)14-8-10-4-2-3-5-13(10)19-14;/h6-7,9-10,13-14,19H,2-5,8H2,1H3,(H,18,20);1H. The summed E-state index contributed by atoms with van der Waals surface area (Å²) in [5.74, 6) is 1.27. The van der Waals surface area contributed by atoms with Crippen LogP contribution in [-0.4, -0.2) is 25.1 Å². The van der Waals surface area contributed by atoms with Gasteiger partial charge in [-0.15, -0.1) is 12.4 Å². The molecule has 22 heavy (non-hydrogen) atoms. The molecule has 1 saturated carbocycles. The van der Waals surface area contributed by atoms with E-state index in [-0.39, 0.29) is 24.4 Å². The lowest BCUT2D eigenvalue weighted by atomic mass is 9.85. The minimum absolute atomic E-state index is 0. The highest BCUT2D eigenvalue weighted by Crippen LogP contribution is 2.34. The van der Waals surface area contributed by atoms with E-state index in [9.17, 15) is 4.79 Å². The van der Waals surface area contributed by atoms with Gasteiger partial charge in [0.05, 0.1) is 18.2 Å². The van der Waals surface area contributed by atoms with E-state index < -0.39 is 0 Å². The van der Waals surface area contributed by atoms with Gasteiger partial charge in [0.1, 0.15) is 5.75 Å². The van der Waals surface area contributed by atoms with Crippen molar-refractivity contribution >= 4 is 35.6 Å². The van der Waals surface area contributed by atoms with Crippen molar-refractivity contribution in [3.63, 3.8) is 0 Å². The number of carbonyl (C=O) groups is 1. The third-order valence-electron chi connectivity index (χ3n) is 4.60. The molecule has 2 N–H and O–H groups in total. The van der Waals surface area contributed by atoms with Gasteiger partial charge >= 0.3 is 0 Å². The summed E-state index contributed by atoms with van der Waals surface area (Å²) in [5, 5.41) is 6.98. The smallest absolute Gasteiger partial charge is 0.241 e. The lowest BCUT2D eigenvalue weighted by Gasteiger charge is -2.24. The highest BCUT2D eigenvalue weighted by Gasteiger charge is 2.38. The molecule has 1 heterocycles. The first-order valence-electron chi connectivity index (χ1n) is 7.58. The molecule has 122 valence electrons. The molecule has 0 spiro atoms. The molecule has 3 unspecified atom stereocenters. The van der Waals surface area contributed by atoms with E-state index in [1.807, 2.05) is 0 Å². The van der Waals surface area contributed by atoms with Crippen LogP contribution < -0.4 is 15.4 Å². The van der Waals surface area contributed by atoms with Crippen LogP contribution in [0.25, 0.3) is 0 Å². The van der Waals surface area contributed by atoms with E-state index in [1.165, 1.54) is 25.7 Å². The van der Waals surface area contributed by atoms with Crippen molar-refractivity contribution in [1.82, 2.24) is 5.32 Å². The molecule has 3 atom stereocenters. The first kappa shape index (κ1) is 17.4. The van der Waals surface area contributed by atoms with Gasteiger partial charge in [0, 0.05) is 17.8 Å². The predicted molar refractivity (Wildman–Crippen MR) is 91.2 cm³/mol. The van der Waals surface area contributed by atoms with Gasteiger partial charge in [0.15, 0.2) is 0 Å². The summed E-state index contributed by atoms with van der Waals surface area (Å²) >= 11 is 5.99. The largest absolute Gasteiger partial charge is 0.495 e. The van der Waals surface area contributed by atoms with E-state index in [0.29, 0.717) is 22.7 Å². The third-order valence-corrected chi connectivity index (χ3v) is 4.91. The van der Waals surface area contributed by atoms with Crippen molar-refractivity contribution in [1.29, 1.82) is 0 Å². The van der Waals surface area contributed by atoms with Crippen LogP contribution in [-0.2, 0) is 4.79 Å². The molecule has 6 heteroatoms. The predicted octanol–water partition coefficient (Wildman–Crippen LogP) is 3.63. The molecule has 1 saturated heterocycles. The van der Waals surface area contributed by atoms with Crippen LogP contribution in [0.3, 0.4) is 0 Å². The first-order valence-corrected chi connectivity index (χ1v) is 7.95. The molecule has 4 nitrogen and oxygen atoms in total. The monoisotopic (exact) mass is 344 g/mol. The van der Waals surface area contributed by atoms with E-state index in [4.69, 9.17) is 16.3 Å². The topological polar surface area (TPSA) is 50.4 Å². The van der Waals surface area contributed by atoms with E-state index in [1.54, 1.807) is 25.3 Å². The minimum atomic E-state index is -0.0835. The van der Waals surface area contributed by atoms with Crippen molar-refractivity contribution in [3.05, 3.63) is 23.2 Å². The molecular formula is C16H22Cl2N2O2. The fourth-order valence-electron chi connectivity index (χ4n) is 3.49. The van der Waals surface area contributed by atoms with Crippen LogP contribution in [0.15, 0.2) is 18.2 Å². The van der Waals surface area contributed by atoms with Crippen LogP contribution in [0.4, 0.5) is 5.69 Å². The van der Waals surface area contributed by atoms with Crippen molar-refractivity contribution in [2.75, 3.05) is 12.4 Å². The lowest BCUT2D eigenvalue weighted by molar-refractivity contribution is -0.117. The van der Waals surface area contributed by atoms with Crippen molar-refractivity contribution < 1.29 is 9.53 Å². The van der Waals surface area contributed by atoms with Crippen LogP contribution >= 0.6 is 24.0 Å². The Hall–Kier alpha value is -0.970. The maximum atomic E-state index is 12.4. The second kappa shape index (κ2) is 7.53. The minimum Gasteiger partial charge on any atom is -0.495 e. The van der Waals surface area contributed by atoms with E-state index in [2.05, 4.69) is 10.6 Å². The van der Waals surface area contributed by atoms with E-state index >= 15 is 0 Å². The fraction of sp³-hybridized carbons (Fsp3) is 0.562. The number of anilines is 1. The molecule has 2 aliphatic rings. The SMILES string of the molecule is COc1cc(NC(=O)C2CC3CCCCC3N2)ccc1Cl.Cl. The number of nitrogens with one attached hydrogen (secondary N) is 2. The third kappa shape index (κ3) is 3.67. The van der Waals surface area contributed by atoms with Crippen molar-refractivity contribution in [3.8, 4) is 5.75 Å². The summed E-state index contributed by atoms with van der Waals surface area (Å²) < 4.78 is 5.17. The highest BCUT2D eigenvalue weighted by atomic mass is 35.5. The van der Waals surface area contributed by atoms with Crippen molar-refractivity contribution in [2.45, 2.75) is 44.2 Å². The average Bonchev–Trinajstić information content (AvgIpc) is 2.93. The maximum Gasteiger partial charge on any atom is 0.241 e. The average molecular weight is 345 g/mol. The number of fused-ring (bicyclic) bond motifs is 1. The van der Waals surface area contributed by atoms with Crippen LogP contribution in [0.2, 0.25) is 5.02 Å². The maximum absolute atomic E-state index is 12.4. The quantitative estimate of drug-likeness (QED) is 0.880. The molecule has 0 aromatic heterocycles. The molecule has 3 rings (SSSR count). The second-order valence-corrected chi connectivity index (χ2v) is 6.35. The number of rotatable bonds is 3. The Bertz CT molecular complexity index is 525. The van der Waals surface area contributed by atoms with Gasteiger partial charge in [-0.05, 0) is 37.3 Å². The molecule has 0 radical (unpaired) electrons. The zero-order valence-electron chi connectivity index (χ0n) is 12.6. The number of halogens is 2. The Labute approximate surface area is 142 Å². The molecule has 2 fully saturated rings. The Balaban J connectivity index is 0.00000176. The molecule has 1 amide bonds. The van der Waals surface area contributed by atoms with Gasteiger partial charge in [0.25, 0.3) is 0 Å². The number of hydrogen-bond acceptors (Lipinski definition) is 3. The molecular weight excluding hydrogens is 323 g/mol. The zero-order valence-corrected chi connectivity index (χ0v) is 14.2. The summed E-state index contributed by atoms with van der Waals surface area (Å²) in [6, 6.07) is 5.72. The lowest BCUT2D eigenvalue weighted by Crippen LogP contribution is -2.39. The number of benzene rings is 1. The molecule has 1 aliphatic carbocycles. The Morgan fingerprint density at radius 3 is 2.86 bits per heavy atom. The molecule has 1 aromatic carbocycles. The highest BCUT2D eigenvalue weighted by molar-refractivity contribution is 6.32. The number of methoxy groups -OCH3 is 1. The summed E-state index contributed by atoms with van der Waals surface area (Å²) in [4.78, 5) is 12.4. The normalized spacial score (nSPS) is 26.7. The number of carbonyl (C=O) groups excluding carboxylic acids is 1. The van der Waals surface area contributed by atoms with Gasteiger partial charge in [-0.1, -0.05) is 24.4 Å².